The van der Waals surface area contributed by atoms with Gasteiger partial charge in [-0.3, -0.25) is 4.79 Å². The molecule has 0 spiro atoms. The average Bonchev–Trinajstić information content (AvgIpc) is 1.82. The molecule has 4 heteroatoms. The Balaban J connectivity index is 3.39. The van der Waals surface area contributed by atoms with Gasteiger partial charge in [0.25, 0.3) is 5.91 Å². The summed E-state index contributed by atoms with van der Waals surface area (Å²) in [4.78, 5) is 10.5. The summed E-state index contributed by atoms with van der Waals surface area (Å²) in [5, 5.41) is 10.5. The van der Waals surface area contributed by atoms with Crippen molar-refractivity contribution in [2.75, 3.05) is 13.2 Å². The van der Waals surface area contributed by atoms with E-state index in [9.17, 15) is 4.79 Å². The quantitative estimate of drug-likeness (QED) is 0.410. The fourth-order valence-electron chi connectivity index (χ4n) is 0.283. The van der Waals surface area contributed by atoms with Gasteiger partial charge in [-0.25, -0.2) is 0 Å². The van der Waals surface area contributed by atoms with Crippen LogP contribution in [-0.2, 0) is 4.79 Å². The highest BCUT2D eigenvalue weighted by Gasteiger charge is 1.97. The Kier molecular flexibility index (Phi) is 3.46. The van der Waals surface area contributed by atoms with E-state index in [1.807, 2.05) is 0 Å². The molecule has 0 atom stereocenters. The number of aliphatic hydroxyl groups excluding tert-OH is 1. The molecule has 0 saturated heterocycles. The number of nitrogens with two attached hydrogens (primary N) is 1. The van der Waals surface area contributed by atoms with Crippen LogP contribution < -0.4 is 11.1 Å². The van der Waals surface area contributed by atoms with Crippen LogP contribution in [0.1, 0.15) is 0 Å². The zero-order chi connectivity index (χ0) is 7.28. The Labute approximate surface area is 53.4 Å². The standard InChI is InChI=1S/C5H10N2O2/c1-4(6)5(9)7-2-3-8/h8H,1-3,6H2,(H,7,9). The van der Waals surface area contributed by atoms with Gasteiger partial charge in [0.15, 0.2) is 0 Å². The number of nitrogens with one attached hydrogen (secondary N) is 1. The third-order valence-corrected chi connectivity index (χ3v) is 0.689. The van der Waals surface area contributed by atoms with E-state index in [-0.39, 0.29) is 18.8 Å². The second kappa shape index (κ2) is 3.91. The first-order chi connectivity index (χ1) is 4.18. The maximum Gasteiger partial charge on any atom is 0.266 e. The maximum atomic E-state index is 10.5. The first-order valence-electron chi connectivity index (χ1n) is 2.52. The highest BCUT2D eigenvalue weighted by Crippen LogP contribution is 1.73. The van der Waals surface area contributed by atoms with Crippen LogP contribution in [0.4, 0.5) is 0 Å². The van der Waals surface area contributed by atoms with Crippen LogP contribution in [0.5, 0.6) is 0 Å². The SMILES string of the molecule is C=C(N)C(=O)NCCO. The van der Waals surface area contributed by atoms with E-state index in [0.717, 1.165) is 0 Å². The van der Waals surface area contributed by atoms with Crippen LogP contribution >= 0.6 is 0 Å². The van der Waals surface area contributed by atoms with E-state index in [2.05, 4.69) is 11.9 Å². The largest absolute Gasteiger partial charge is 0.395 e. The van der Waals surface area contributed by atoms with Gasteiger partial charge < -0.3 is 16.2 Å². The van der Waals surface area contributed by atoms with Crippen molar-refractivity contribution in [1.82, 2.24) is 5.32 Å². The molecule has 1 amide bonds. The van der Waals surface area contributed by atoms with Gasteiger partial charge in [-0.15, -0.1) is 0 Å². The Hall–Kier alpha value is -1.03. The van der Waals surface area contributed by atoms with Crippen molar-refractivity contribution in [3.8, 4) is 0 Å². The highest BCUT2D eigenvalue weighted by molar-refractivity contribution is 5.91. The second-order valence-corrected chi connectivity index (χ2v) is 1.50. The summed E-state index contributed by atoms with van der Waals surface area (Å²) in [6.07, 6.45) is 0. The first-order valence-corrected chi connectivity index (χ1v) is 2.52. The molecule has 0 aromatic rings. The number of hydrogen-bond donors (Lipinski definition) is 3. The van der Waals surface area contributed by atoms with Gasteiger partial charge in [0.2, 0.25) is 0 Å². The minimum atomic E-state index is -0.427. The van der Waals surface area contributed by atoms with E-state index in [1.165, 1.54) is 0 Å². The van der Waals surface area contributed by atoms with Gasteiger partial charge in [-0.1, -0.05) is 6.58 Å². The maximum absolute atomic E-state index is 10.5. The minimum Gasteiger partial charge on any atom is -0.395 e. The molecular formula is C5H10N2O2. The molecule has 0 bridgehead atoms. The zero-order valence-electron chi connectivity index (χ0n) is 5.05. The van der Waals surface area contributed by atoms with Crippen LogP contribution in [0, 0.1) is 0 Å². The molecule has 0 unspecified atom stereocenters. The van der Waals surface area contributed by atoms with Gasteiger partial charge >= 0.3 is 0 Å². The molecule has 4 nitrogen and oxygen atoms in total. The van der Waals surface area contributed by atoms with Crippen molar-refractivity contribution in [3.05, 3.63) is 12.3 Å². The third-order valence-electron chi connectivity index (χ3n) is 0.689. The van der Waals surface area contributed by atoms with Crippen LogP contribution in [0.3, 0.4) is 0 Å². The molecule has 0 heterocycles. The molecule has 4 N–H and O–H groups in total. The second-order valence-electron chi connectivity index (χ2n) is 1.50. The van der Waals surface area contributed by atoms with Crippen LogP contribution in [-0.4, -0.2) is 24.2 Å². The van der Waals surface area contributed by atoms with Crippen molar-refractivity contribution in [2.45, 2.75) is 0 Å². The van der Waals surface area contributed by atoms with E-state index in [1.54, 1.807) is 0 Å². The lowest BCUT2D eigenvalue weighted by Gasteiger charge is -1.99. The van der Waals surface area contributed by atoms with Gasteiger partial charge in [-0.05, 0) is 0 Å². The van der Waals surface area contributed by atoms with E-state index < -0.39 is 5.91 Å². The molecule has 0 aromatic carbocycles. The fraction of sp³-hybridized carbons (Fsp3) is 0.400. The van der Waals surface area contributed by atoms with Crippen molar-refractivity contribution in [3.63, 3.8) is 0 Å². The first kappa shape index (κ1) is 7.97. The van der Waals surface area contributed by atoms with E-state index in [0.29, 0.717) is 0 Å². The number of amides is 1. The predicted octanol–water partition coefficient (Wildman–Crippen LogP) is -1.43. The summed E-state index contributed by atoms with van der Waals surface area (Å²) in [7, 11) is 0. The lowest BCUT2D eigenvalue weighted by atomic mass is 10.5. The smallest absolute Gasteiger partial charge is 0.266 e. The lowest BCUT2D eigenvalue weighted by molar-refractivity contribution is -0.117. The number of carbonyl (C=O) groups excluding carboxylic acids is 1. The minimum absolute atomic E-state index is 0.0385. The van der Waals surface area contributed by atoms with E-state index in [4.69, 9.17) is 10.8 Å². The lowest BCUT2D eigenvalue weighted by Crippen LogP contribution is -2.30. The normalized spacial score (nSPS) is 8.56. The molecule has 52 valence electrons. The topological polar surface area (TPSA) is 75.4 Å². The zero-order valence-corrected chi connectivity index (χ0v) is 5.05. The highest BCUT2D eigenvalue weighted by atomic mass is 16.3. The molecule has 0 radical (unpaired) electrons. The summed E-state index contributed by atoms with van der Waals surface area (Å²) in [6.45, 7) is 3.33. The number of carbonyl (C=O) groups is 1. The molecule has 0 aliphatic carbocycles. The van der Waals surface area contributed by atoms with Crippen LogP contribution in [0.25, 0.3) is 0 Å². The van der Waals surface area contributed by atoms with Crippen molar-refractivity contribution < 1.29 is 9.90 Å². The third kappa shape index (κ3) is 3.54. The van der Waals surface area contributed by atoms with Gasteiger partial charge in [0.05, 0.1) is 12.3 Å². The van der Waals surface area contributed by atoms with Crippen molar-refractivity contribution >= 4 is 5.91 Å². The van der Waals surface area contributed by atoms with Gasteiger partial charge in [0.1, 0.15) is 0 Å². The predicted molar refractivity (Wildman–Crippen MR) is 33.4 cm³/mol. The average molecular weight is 130 g/mol. The Morgan fingerprint density at radius 1 is 1.78 bits per heavy atom. The summed E-state index contributed by atoms with van der Waals surface area (Å²) in [5.41, 5.74) is 4.95. The summed E-state index contributed by atoms with van der Waals surface area (Å²) in [6, 6.07) is 0. The molecule has 0 aromatic heterocycles. The van der Waals surface area contributed by atoms with Gasteiger partial charge in [0, 0.05) is 6.54 Å². The monoisotopic (exact) mass is 130 g/mol. The Morgan fingerprint density at radius 2 is 2.33 bits per heavy atom. The molecule has 0 rings (SSSR count). The van der Waals surface area contributed by atoms with Crippen LogP contribution in [0.15, 0.2) is 12.3 Å². The molecule has 0 aliphatic heterocycles. The Morgan fingerprint density at radius 3 is 2.67 bits per heavy atom. The van der Waals surface area contributed by atoms with Gasteiger partial charge in [-0.2, -0.15) is 0 Å². The molecule has 0 saturated carbocycles. The number of aliphatic hydroxyl groups is 1. The molecule has 0 fully saturated rings. The van der Waals surface area contributed by atoms with Crippen LogP contribution in [0.2, 0.25) is 0 Å². The number of hydrogen-bond acceptors (Lipinski definition) is 3. The van der Waals surface area contributed by atoms with Crippen molar-refractivity contribution in [1.29, 1.82) is 0 Å². The summed E-state index contributed by atoms with van der Waals surface area (Å²) < 4.78 is 0. The summed E-state index contributed by atoms with van der Waals surface area (Å²) >= 11 is 0. The number of rotatable bonds is 3. The van der Waals surface area contributed by atoms with E-state index >= 15 is 0 Å². The Bertz CT molecular complexity index is 122. The van der Waals surface area contributed by atoms with Crippen molar-refractivity contribution in [2.24, 2.45) is 5.73 Å². The fourth-order valence-corrected chi connectivity index (χ4v) is 0.283. The summed E-state index contributed by atoms with van der Waals surface area (Å²) in [5.74, 6) is -0.427. The molecule has 0 aliphatic rings. The molecular weight excluding hydrogens is 120 g/mol. The molecule has 9 heavy (non-hydrogen) atoms.